The van der Waals surface area contributed by atoms with Crippen molar-refractivity contribution >= 4 is 22.9 Å². The number of halogens is 1. The first-order valence-corrected chi connectivity index (χ1v) is 11.3. The Morgan fingerprint density at radius 2 is 1.90 bits per heavy atom. The highest BCUT2D eigenvalue weighted by molar-refractivity contribution is 7.15. The number of aromatic nitrogens is 5. The normalized spacial score (nSPS) is 11.1. The lowest BCUT2D eigenvalue weighted by Crippen LogP contribution is -2.13. The molecule has 0 spiro atoms. The third-order valence-electron chi connectivity index (χ3n) is 4.90. The lowest BCUT2D eigenvalue weighted by Gasteiger charge is -2.13. The standard InChI is InChI=1S/C22H22ClN5O2S/c1-3-5-12-30-14-8-6-13(7-9-14)20-19(23)17(16-11-10-15(4-2)31-16)18(22(29)24-20)21-25-27-28-26-21/h6-11H,3-5,12H2,1-2H3,(H,24,29)(H,25,26,27,28). The molecule has 3 aromatic heterocycles. The molecule has 0 fully saturated rings. The number of rotatable bonds is 8. The van der Waals surface area contributed by atoms with E-state index in [0.717, 1.165) is 35.5 Å². The monoisotopic (exact) mass is 455 g/mol. The summed E-state index contributed by atoms with van der Waals surface area (Å²) in [5.74, 6) is 1.06. The number of H-pyrrole nitrogens is 2. The molecule has 0 saturated heterocycles. The van der Waals surface area contributed by atoms with Gasteiger partial charge in [-0.25, -0.2) is 5.10 Å². The van der Waals surface area contributed by atoms with Gasteiger partial charge in [0.2, 0.25) is 0 Å². The van der Waals surface area contributed by atoms with Crippen molar-refractivity contribution in [1.29, 1.82) is 0 Å². The first-order chi connectivity index (χ1) is 15.1. The topological polar surface area (TPSA) is 96.6 Å². The summed E-state index contributed by atoms with van der Waals surface area (Å²) in [6, 6.07) is 11.6. The van der Waals surface area contributed by atoms with E-state index in [9.17, 15) is 4.79 Å². The molecule has 0 radical (unpaired) electrons. The van der Waals surface area contributed by atoms with E-state index in [1.807, 2.05) is 36.4 Å². The van der Waals surface area contributed by atoms with Crippen LogP contribution >= 0.6 is 22.9 Å². The average Bonchev–Trinajstić information content (AvgIpc) is 3.47. The molecule has 9 heteroatoms. The van der Waals surface area contributed by atoms with Gasteiger partial charge in [-0.3, -0.25) is 4.79 Å². The fraction of sp³-hybridized carbons (Fsp3) is 0.273. The maximum Gasteiger partial charge on any atom is 0.260 e. The van der Waals surface area contributed by atoms with Gasteiger partial charge in [0.1, 0.15) is 5.75 Å². The molecule has 0 unspecified atom stereocenters. The van der Waals surface area contributed by atoms with Crippen LogP contribution in [0.4, 0.5) is 0 Å². The van der Waals surface area contributed by atoms with Gasteiger partial charge < -0.3 is 9.72 Å². The third-order valence-corrected chi connectivity index (χ3v) is 6.53. The molecule has 0 aliphatic carbocycles. The summed E-state index contributed by atoms with van der Waals surface area (Å²) in [6.07, 6.45) is 2.98. The third kappa shape index (κ3) is 4.40. The van der Waals surface area contributed by atoms with E-state index in [2.05, 4.69) is 39.5 Å². The van der Waals surface area contributed by atoms with Crippen molar-refractivity contribution in [3.63, 3.8) is 0 Å². The Morgan fingerprint density at radius 3 is 2.55 bits per heavy atom. The van der Waals surface area contributed by atoms with Crippen molar-refractivity contribution in [3.05, 3.63) is 56.7 Å². The molecule has 3 heterocycles. The number of unbranched alkanes of at least 4 members (excludes halogenated alkanes) is 1. The minimum absolute atomic E-state index is 0.274. The van der Waals surface area contributed by atoms with Crippen LogP contribution in [0.5, 0.6) is 5.75 Å². The molecule has 0 aliphatic rings. The van der Waals surface area contributed by atoms with Crippen molar-refractivity contribution in [1.82, 2.24) is 25.6 Å². The largest absolute Gasteiger partial charge is 0.494 e. The Bertz CT molecular complexity index is 1220. The second-order valence-electron chi connectivity index (χ2n) is 6.99. The number of benzene rings is 1. The molecule has 0 aliphatic heterocycles. The van der Waals surface area contributed by atoms with Crippen LogP contribution in [-0.2, 0) is 6.42 Å². The minimum atomic E-state index is -0.317. The zero-order valence-corrected chi connectivity index (χ0v) is 18.8. The number of hydrogen-bond acceptors (Lipinski definition) is 6. The molecule has 4 rings (SSSR count). The number of tetrazole rings is 1. The second kappa shape index (κ2) is 9.45. The van der Waals surface area contributed by atoms with Crippen LogP contribution in [0.25, 0.3) is 33.1 Å². The highest BCUT2D eigenvalue weighted by Crippen LogP contribution is 2.42. The molecule has 2 N–H and O–H groups in total. The number of hydrogen-bond donors (Lipinski definition) is 2. The summed E-state index contributed by atoms with van der Waals surface area (Å²) in [7, 11) is 0. The van der Waals surface area contributed by atoms with Gasteiger partial charge in [0.15, 0.2) is 5.82 Å². The molecule has 0 bridgehead atoms. The number of nitrogens with zero attached hydrogens (tertiary/aromatic N) is 3. The zero-order valence-electron chi connectivity index (χ0n) is 17.2. The first-order valence-electron chi connectivity index (χ1n) is 10.1. The van der Waals surface area contributed by atoms with E-state index in [1.54, 1.807) is 11.3 Å². The van der Waals surface area contributed by atoms with Crippen molar-refractivity contribution in [3.8, 4) is 38.8 Å². The molecule has 7 nitrogen and oxygen atoms in total. The first kappa shape index (κ1) is 21.3. The highest BCUT2D eigenvalue weighted by Gasteiger charge is 2.23. The minimum Gasteiger partial charge on any atom is -0.494 e. The number of ether oxygens (including phenoxy) is 1. The molecule has 0 saturated carbocycles. The average molecular weight is 456 g/mol. The van der Waals surface area contributed by atoms with Crippen LogP contribution in [0.15, 0.2) is 41.2 Å². The quantitative estimate of drug-likeness (QED) is 0.349. The molecule has 0 atom stereocenters. The van der Waals surface area contributed by atoms with Crippen molar-refractivity contribution in [2.75, 3.05) is 6.61 Å². The number of aromatic amines is 2. The van der Waals surface area contributed by atoms with E-state index in [-0.39, 0.29) is 11.4 Å². The van der Waals surface area contributed by atoms with E-state index < -0.39 is 0 Å². The summed E-state index contributed by atoms with van der Waals surface area (Å²) < 4.78 is 5.74. The van der Waals surface area contributed by atoms with Crippen LogP contribution in [0.2, 0.25) is 5.02 Å². The number of aryl methyl sites for hydroxylation is 1. The lowest BCUT2D eigenvalue weighted by atomic mass is 10.0. The molecule has 4 aromatic rings. The summed E-state index contributed by atoms with van der Waals surface area (Å²) in [4.78, 5) is 18.1. The lowest BCUT2D eigenvalue weighted by molar-refractivity contribution is 0.309. The Kier molecular flexibility index (Phi) is 6.48. The summed E-state index contributed by atoms with van der Waals surface area (Å²) in [5, 5.41) is 14.3. The predicted molar refractivity (Wildman–Crippen MR) is 124 cm³/mol. The van der Waals surface area contributed by atoms with Gasteiger partial charge in [0.25, 0.3) is 5.56 Å². The van der Waals surface area contributed by atoms with E-state index in [0.29, 0.717) is 28.5 Å². The molecule has 160 valence electrons. The Labute approximate surface area is 188 Å². The van der Waals surface area contributed by atoms with Gasteiger partial charge in [-0.1, -0.05) is 31.9 Å². The van der Waals surface area contributed by atoms with Gasteiger partial charge in [-0.15, -0.1) is 16.4 Å². The fourth-order valence-corrected chi connectivity index (χ4v) is 4.67. The van der Waals surface area contributed by atoms with Crippen molar-refractivity contribution in [2.45, 2.75) is 33.1 Å². The van der Waals surface area contributed by atoms with E-state index in [4.69, 9.17) is 16.3 Å². The smallest absolute Gasteiger partial charge is 0.260 e. The highest BCUT2D eigenvalue weighted by atomic mass is 35.5. The molecule has 1 aromatic carbocycles. The number of pyridine rings is 1. The van der Waals surface area contributed by atoms with Gasteiger partial charge in [-0.2, -0.15) is 0 Å². The molecule has 31 heavy (non-hydrogen) atoms. The molecule has 0 amide bonds. The van der Waals surface area contributed by atoms with Gasteiger partial charge >= 0.3 is 0 Å². The summed E-state index contributed by atoms with van der Waals surface area (Å²) >= 11 is 8.49. The zero-order chi connectivity index (χ0) is 21.8. The SMILES string of the molecule is CCCCOc1ccc(-c2[nH]c(=O)c(-c3nnn[nH]3)c(-c3ccc(CC)s3)c2Cl)cc1. The van der Waals surface area contributed by atoms with Gasteiger partial charge in [0, 0.05) is 15.3 Å². The van der Waals surface area contributed by atoms with Gasteiger partial charge in [0.05, 0.1) is 22.9 Å². The van der Waals surface area contributed by atoms with Crippen LogP contribution in [0, 0.1) is 0 Å². The van der Waals surface area contributed by atoms with E-state index >= 15 is 0 Å². The second-order valence-corrected chi connectivity index (χ2v) is 8.54. The Hall–Kier alpha value is -2.97. The van der Waals surface area contributed by atoms with Crippen LogP contribution in [0.1, 0.15) is 31.6 Å². The Balaban J connectivity index is 1.83. The number of thiophene rings is 1. The van der Waals surface area contributed by atoms with Crippen LogP contribution < -0.4 is 10.3 Å². The van der Waals surface area contributed by atoms with Crippen LogP contribution in [0.3, 0.4) is 0 Å². The summed E-state index contributed by atoms with van der Waals surface area (Å²) in [6.45, 7) is 4.89. The Morgan fingerprint density at radius 1 is 1.10 bits per heavy atom. The van der Waals surface area contributed by atoms with E-state index in [1.165, 1.54) is 4.88 Å². The molecular weight excluding hydrogens is 434 g/mol. The maximum atomic E-state index is 13.1. The van der Waals surface area contributed by atoms with Crippen molar-refractivity contribution < 1.29 is 4.74 Å². The predicted octanol–water partition coefficient (Wildman–Crippen LogP) is 5.35. The fourth-order valence-electron chi connectivity index (χ4n) is 3.25. The van der Waals surface area contributed by atoms with Crippen LogP contribution in [-0.4, -0.2) is 32.2 Å². The maximum absolute atomic E-state index is 13.1. The van der Waals surface area contributed by atoms with Crippen molar-refractivity contribution in [2.24, 2.45) is 0 Å². The summed E-state index contributed by atoms with van der Waals surface area (Å²) in [5.41, 5.74) is 1.96. The molecular formula is C22H22ClN5O2S. The number of nitrogens with one attached hydrogen (secondary N) is 2. The van der Waals surface area contributed by atoms with Gasteiger partial charge in [-0.05, 0) is 65.2 Å².